The zero-order chi connectivity index (χ0) is 21.3. The predicted octanol–water partition coefficient (Wildman–Crippen LogP) is 6.01. The van der Waals surface area contributed by atoms with E-state index in [4.69, 9.17) is 16.3 Å². The Morgan fingerprint density at radius 3 is 2.76 bits per heavy atom. The first-order valence-electron chi connectivity index (χ1n) is 11.1. The van der Waals surface area contributed by atoms with Crippen molar-refractivity contribution in [2.24, 2.45) is 0 Å². The molecule has 5 heteroatoms. The Bertz CT molecular complexity index is 581. The molecule has 0 aliphatic heterocycles. The smallest absolute Gasteiger partial charge is 0.220 e. The van der Waals surface area contributed by atoms with Gasteiger partial charge in [0.2, 0.25) is 5.91 Å². The molecule has 164 valence electrons. The van der Waals surface area contributed by atoms with E-state index in [-0.39, 0.29) is 17.8 Å². The average molecular weight is 424 g/mol. The molecule has 0 saturated heterocycles. The van der Waals surface area contributed by atoms with E-state index in [1.165, 1.54) is 37.6 Å². The fourth-order valence-corrected chi connectivity index (χ4v) is 3.62. The number of carbonyl (C=O) groups is 2. The lowest BCUT2D eigenvalue weighted by Gasteiger charge is -2.15. The second-order valence-electron chi connectivity index (χ2n) is 7.65. The minimum atomic E-state index is -0.0336. The Kier molecular flexibility index (Phi) is 14.5. The number of Topliss-reactive ketones (excluding diaryl/α,β-unsaturated/α-hetero) is 1. The van der Waals surface area contributed by atoms with Crippen LogP contribution in [0.15, 0.2) is 34.9 Å². The van der Waals surface area contributed by atoms with Crippen LogP contribution in [0.3, 0.4) is 0 Å². The molecule has 0 spiro atoms. The van der Waals surface area contributed by atoms with Crippen LogP contribution in [0.25, 0.3) is 0 Å². The van der Waals surface area contributed by atoms with Crippen LogP contribution in [-0.4, -0.2) is 31.4 Å². The molecule has 1 atom stereocenters. The highest BCUT2D eigenvalue weighted by molar-refractivity contribution is 6.26. The van der Waals surface area contributed by atoms with E-state index in [0.717, 1.165) is 25.7 Å². The molecule has 0 heterocycles. The van der Waals surface area contributed by atoms with E-state index >= 15 is 0 Å². The third kappa shape index (κ3) is 11.4. The fraction of sp³-hybridized carbons (Fsp3) is 0.667. The molecule has 0 aromatic carbocycles. The molecular formula is C24H38ClNO3. The van der Waals surface area contributed by atoms with Crippen LogP contribution in [0.5, 0.6) is 0 Å². The van der Waals surface area contributed by atoms with Crippen LogP contribution in [-0.2, 0) is 14.3 Å². The van der Waals surface area contributed by atoms with Gasteiger partial charge in [-0.25, -0.2) is 0 Å². The predicted molar refractivity (Wildman–Crippen MR) is 121 cm³/mol. The number of hydrogen-bond acceptors (Lipinski definition) is 3. The van der Waals surface area contributed by atoms with Crippen molar-refractivity contribution >= 4 is 23.3 Å². The molecular weight excluding hydrogens is 386 g/mol. The molecule has 0 fully saturated rings. The number of amides is 1. The van der Waals surface area contributed by atoms with Crippen LogP contribution in [0.1, 0.15) is 84.0 Å². The highest BCUT2D eigenvalue weighted by Gasteiger charge is 2.17. The van der Waals surface area contributed by atoms with Crippen molar-refractivity contribution in [1.29, 1.82) is 0 Å². The van der Waals surface area contributed by atoms with Crippen molar-refractivity contribution in [2.45, 2.75) is 90.1 Å². The second-order valence-corrected chi connectivity index (χ2v) is 7.87. The number of nitrogens with one attached hydrogen (secondary N) is 1. The summed E-state index contributed by atoms with van der Waals surface area (Å²) in [4.78, 5) is 24.0. The summed E-state index contributed by atoms with van der Waals surface area (Å²) < 4.78 is 5.55. The number of unbranched alkanes of at least 4 members (excludes halogenated alkanes) is 4. The summed E-state index contributed by atoms with van der Waals surface area (Å²) in [5.41, 5.74) is 2.76. The number of rotatable bonds is 15. The fourth-order valence-electron chi connectivity index (χ4n) is 3.43. The van der Waals surface area contributed by atoms with Crippen LogP contribution >= 0.6 is 11.6 Å². The van der Waals surface area contributed by atoms with Gasteiger partial charge in [0, 0.05) is 37.6 Å². The molecule has 1 unspecified atom stereocenters. The van der Waals surface area contributed by atoms with Gasteiger partial charge in [0.1, 0.15) is 0 Å². The number of ketones is 1. The third-order valence-electron chi connectivity index (χ3n) is 5.28. The van der Waals surface area contributed by atoms with Crippen LogP contribution in [0.4, 0.5) is 0 Å². The Morgan fingerprint density at radius 1 is 1.28 bits per heavy atom. The average Bonchev–Trinajstić information content (AvgIpc) is 2.73. The number of methoxy groups -OCH3 is 1. The van der Waals surface area contributed by atoms with Gasteiger partial charge in [-0.3, -0.25) is 9.59 Å². The van der Waals surface area contributed by atoms with Gasteiger partial charge < -0.3 is 10.1 Å². The molecule has 0 bridgehead atoms. The van der Waals surface area contributed by atoms with Crippen molar-refractivity contribution in [3.8, 4) is 0 Å². The van der Waals surface area contributed by atoms with Crippen molar-refractivity contribution in [1.82, 2.24) is 5.32 Å². The zero-order valence-corrected chi connectivity index (χ0v) is 18.9. The first-order valence-corrected chi connectivity index (χ1v) is 11.5. The summed E-state index contributed by atoms with van der Waals surface area (Å²) in [6.07, 6.45) is 18.2. The van der Waals surface area contributed by atoms with E-state index in [1.807, 2.05) is 12.2 Å². The third-order valence-corrected chi connectivity index (χ3v) is 5.54. The second kappa shape index (κ2) is 16.4. The van der Waals surface area contributed by atoms with Gasteiger partial charge >= 0.3 is 0 Å². The summed E-state index contributed by atoms with van der Waals surface area (Å²) in [6.45, 7) is 2.53. The van der Waals surface area contributed by atoms with Crippen molar-refractivity contribution < 1.29 is 14.3 Å². The summed E-state index contributed by atoms with van der Waals surface area (Å²) in [7, 11) is 1.77. The van der Waals surface area contributed by atoms with Crippen LogP contribution < -0.4 is 5.32 Å². The van der Waals surface area contributed by atoms with Gasteiger partial charge in [0.05, 0.1) is 6.10 Å². The normalized spacial score (nSPS) is 16.2. The Morgan fingerprint density at radius 2 is 2.07 bits per heavy atom. The lowest BCUT2D eigenvalue weighted by Crippen LogP contribution is -2.27. The first-order chi connectivity index (χ1) is 14.1. The topological polar surface area (TPSA) is 55.4 Å². The molecule has 29 heavy (non-hydrogen) atoms. The maximum absolute atomic E-state index is 12.1. The molecule has 1 aliphatic rings. The van der Waals surface area contributed by atoms with Crippen LogP contribution in [0, 0.1) is 0 Å². The van der Waals surface area contributed by atoms with Gasteiger partial charge in [-0.1, -0.05) is 68.9 Å². The summed E-state index contributed by atoms with van der Waals surface area (Å²) in [5, 5.41) is 2.86. The number of hydrogen-bond donors (Lipinski definition) is 1. The maximum atomic E-state index is 12.1. The molecule has 4 nitrogen and oxygen atoms in total. The highest BCUT2D eigenvalue weighted by atomic mass is 35.5. The van der Waals surface area contributed by atoms with Crippen LogP contribution in [0.2, 0.25) is 0 Å². The largest absolute Gasteiger partial charge is 0.381 e. The van der Waals surface area contributed by atoms with E-state index in [2.05, 4.69) is 18.3 Å². The minimum Gasteiger partial charge on any atom is -0.381 e. The molecule has 0 aromatic heterocycles. The molecule has 1 rings (SSSR count). The first kappa shape index (κ1) is 25.6. The Labute approximate surface area is 181 Å². The van der Waals surface area contributed by atoms with Gasteiger partial charge in [-0.15, -0.1) is 0 Å². The van der Waals surface area contributed by atoms with Gasteiger partial charge in [0.25, 0.3) is 0 Å². The molecule has 0 aromatic rings. The molecule has 1 amide bonds. The Balaban J connectivity index is 2.21. The summed E-state index contributed by atoms with van der Waals surface area (Å²) >= 11 is 5.87. The van der Waals surface area contributed by atoms with E-state index in [1.54, 1.807) is 7.11 Å². The number of allylic oxidation sites excluding steroid dienone is 2. The van der Waals surface area contributed by atoms with Gasteiger partial charge in [-0.2, -0.15) is 0 Å². The quantitative estimate of drug-likeness (QED) is 0.259. The maximum Gasteiger partial charge on any atom is 0.220 e. The molecule has 1 aliphatic carbocycles. The Hall–Kier alpha value is -1.39. The molecule has 1 N–H and O–H groups in total. The number of halogens is 1. The molecule has 0 saturated carbocycles. The monoisotopic (exact) mass is 423 g/mol. The zero-order valence-electron chi connectivity index (χ0n) is 18.2. The lowest BCUT2D eigenvalue weighted by atomic mass is 9.93. The van der Waals surface area contributed by atoms with Crippen molar-refractivity contribution in [3.63, 3.8) is 0 Å². The number of carbonyl (C=O) groups excluding carboxylic acids is 2. The lowest BCUT2D eigenvalue weighted by molar-refractivity contribution is -0.121. The van der Waals surface area contributed by atoms with E-state index in [0.29, 0.717) is 37.0 Å². The van der Waals surface area contributed by atoms with Gasteiger partial charge in [0.15, 0.2) is 5.78 Å². The summed E-state index contributed by atoms with van der Waals surface area (Å²) in [5.74, 6) is 0.0760. The van der Waals surface area contributed by atoms with Crippen molar-refractivity contribution in [2.75, 3.05) is 13.7 Å². The summed E-state index contributed by atoms with van der Waals surface area (Å²) in [6, 6.07) is 0. The highest BCUT2D eigenvalue weighted by Crippen LogP contribution is 2.21. The minimum absolute atomic E-state index is 0.0336. The molecule has 0 radical (unpaired) electrons. The van der Waals surface area contributed by atoms with Crippen molar-refractivity contribution in [3.05, 3.63) is 34.9 Å². The standard InChI is InChI=1S/C24H38ClNO3/c1-3-4-5-6-8-13-21(29-2)14-9-7-10-17-24(28)26-19-20(18-25)22-15-11-12-16-23(22)27/h7,9,15,18,21H,3-6,8,10-14,16-17,19H2,1-2H3,(H,26,28). The van der Waals surface area contributed by atoms with E-state index in [9.17, 15) is 9.59 Å². The van der Waals surface area contributed by atoms with Gasteiger partial charge in [-0.05, 0) is 37.7 Å². The SMILES string of the molecule is CCCCCCCC(CC=CCCC(=O)NCC(=CCl)C1=CCCCC1=O)OC. The van der Waals surface area contributed by atoms with E-state index < -0.39 is 0 Å². The number of ether oxygens (including phenoxy) is 1.